The van der Waals surface area contributed by atoms with Crippen LogP contribution in [-0.4, -0.2) is 53.0 Å². The van der Waals surface area contributed by atoms with E-state index in [0.717, 1.165) is 22.1 Å². The van der Waals surface area contributed by atoms with Crippen LogP contribution in [0.5, 0.6) is 28.6 Å². The standard InChI is InChI=1S/C27H23N5O6S/c1-33-17-9-21(18-11-23(38-22(18)10-17)20-13-32-26(29-20)39-27(31-32)36-4)37-14-15-6-5-7-16(8-15)19-12-28-25(35-3)30-24(19)34-2/h5-13H,14H2,1-4H3. The molecular weight excluding hydrogens is 522 g/mol. The number of hydrogen-bond acceptors (Lipinski definition) is 11. The van der Waals surface area contributed by atoms with Crippen LogP contribution in [0.3, 0.4) is 0 Å². The number of nitrogens with zero attached hydrogens (tertiary/aromatic N) is 5. The van der Waals surface area contributed by atoms with E-state index in [-0.39, 0.29) is 6.01 Å². The molecule has 12 heteroatoms. The van der Waals surface area contributed by atoms with Gasteiger partial charge in [0.1, 0.15) is 29.4 Å². The predicted molar refractivity (Wildman–Crippen MR) is 144 cm³/mol. The van der Waals surface area contributed by atoms with Crippen molar-refractivity contribution in [1.82, 2.24) is 24.6 Å². The molecule has 0 unspecified atom stereocenters. The smallest absolute Gasteiger partial charge is 0.319 e. The first kappa shape index (κ1) is 24.5. The van der Waals surface area contributed by atoms with Crippen LogP contribution < -0.4 is 23.7 Å². The predicted octanol–water partition coefficient (Wildman–Crippen LogP) is 5.27. The van der Waals surface area contributed by atoms with Crippen molar-refractivity contribution in [2.75, 3.05) is 28.4 Å². The number of fused-ring (bicyclic) bond motifs is 2. The maximum Gasteiger partial charge on any atom is 0.319 e. The molecule has 2 aromatic carbocycles. The van der Waals surface area contributed by atoms with Crippen molar-refractivity contribution in [2.24, 2.45) is 0 Å². The molecule has 4 aromatic heterocycles. The van der Waals surface area contributed by atoms with Gasteiger partial charge >= 0.3 is 6.01 Å². The van der Waals surface area contributed by atoms with Gasteiger partial charge in [0.15, 0.2) is 5.76 Å². The fourth-order valence-corrected chi connectivity index (χ4v) is 4.82. The van der Waals surface area contributed by atoms with E-state index in [4.69, 9.17) is 28.1 Å². The van der Waals surface area contributed by atoms with Gasteiger partial charge in [0, 0.05) is 18.3 Å². The van der Waals surface area contributed by atoms with E-state index in [0.29, 0.717) is 51.2 Å². The Morgan fingerprint density at radius 1 is 0.949 bits per heavy atom. The van der Waals surface area contributed by atoms with Gasteiger partial charge in [-0.25, -0.2) is 14.5 Å². The minimum absolute atomic E-state index is 0.239. The van der Waals surface area contributed by atoms with Gasteiger partial charge in [-0.3, -0.25) is 0 Å². The van der Waals surface area contributed by atoms with Gasteiger partial charge in [0.05, 0.1) is 45.6 Å². The first-order chi connectivity index (χ1) is 19.1. The topological polar surface area (TPSA) is 115 Å². The van der Waals surface area contributed by atoms with E-state index in [1.165, 1.54) is 18.4 Å². The number of hydrogen-bond donors (Lipinski definition) is 0. The van der Waals surface area contributed by atoms with Gasteiger partial charge in [-0.2, -0.15) is 4.98 Å². The average molecular weight is 546 g/mol. The second-order valence-corrected chi connectivity index (χ2v) is 9.26. The Kier molecular flexibility index (Phi) is 6.37. The molecule has 0 amide bonds. The molecule has 11 nitrogen and oxygen atoms in total. The lowest BCUT2D eigenvalue weighted by Crippen LogP contribution is -1.99. The highest BCUT2D eigenvalue weighted by molar-refractivity contribution is 7.18. The quantitative estimate of drug-likeness (QED) is 0.238. The van der Waals surface area contributed by atoms with Gasteiger partial charge in [-0.05, 0) is 34.6 Å². The van der Waals surface area contributed by atoms with Crippen LogP contribution in [-0.2, 0) is 6.61 Å². The van der Waals surface area contributed by atoms with Crippen molar-refractivity contribution in [3.05, 3.63) is 60.4 Å². The molecule has 39 heavy (non-hydrogen) atoms. The van der Waals surface area contributed by atoms with E-state index in [1.807, 2.05) is 42.5 Å². The third-order valence-corrected chi connectivity index (χ3v) is 6.88. The van der Waals surface area contributed by atoms with Crippen molar-refractivity contribution in [2.45, 2.75) is 6.61 Å². The molecule has 0 saturated heterocycles. The fourth-order valence-electron chi connectivity index (χ4n) is 4.12. The minimum Gasteiger partial charge on any atom is -0.496 e. The van der Waals surface area contributed by atoms with Gasteiger partial charge in [0.2, 0.25) is 10.8 Å². The third kappa shape index (κ3) is 4.66. The second-order valence-electron chi connectivity index (χ2n) is 8.34. The largest absolute Gasteiger partial charge is 0.496 e. The van der Waals surface area contributed by atoms with Crippen LogP contribution in [0.4, 0.5) is 0 Å². The Balaban J connectivity index is 1.29. The van der Waals surface area contributed by atoms with E-state index in [1.54, 1.807) is 38.2 Å². The molecule has 0 spiro atoms. The van der Waals surface area contributed by atoms with Crippen LogP contribution in [0.15, 0.2) is 59.3 Å². The first-order valence-electron chi connectivity index (χ1n) is 11.8. The molecular formula is C27H23N5O6S. The average Bonchev–Trinajstić information content (AvgIpc) is 3.68. The molecule has 6 aromatic rings. The molecule has 0 bridgehead atoms. The molecule has 0 radical (unpaired) electrons. The Bertz CT molecular complexity index is 1760. The molecule has 0 fully saturated rings. The number of imidazole rings is 1. The second kappa shape index (κ2) is 10.1. The highest BCUT2D eigenvalue weighted by Crippen LogP contribution is 2.38. The van der Waals surface area contributed by atoms with E-state index >= 15 is 0 Å². The summed E-state index contributed by atoms with van der Waals surface area (Å²) in [6.45, 7) is 0.305. The summed E-state index contributed by atoms with van der Waals surface area (Å²) < 4.78 is 35.3. The number of methoxy groups -OCH3 is 4. The fraction of sp³-hybridized carbons (Fsp3) is 0.185. The summed E-state index contributed by atoms with van der Waals surface area (Å²) in [5.74, 6) is 2.25. The Morgan fingerprint density at radius 3 is 2.62 bits per heavy atom. The van der Waals surface area contributed by atoms with Crippen LogP contribution in [0, 0.1) is 0 Å². The third-order valence-electron chi connectivity index (χ3n) is 6.00. The summed E-state index contributed by atoms with van der Waals surface area (Å²) >= 11 is 1.35. The maximum atomic E-state index is 6.28. The molecule has 0 aliphatic rings. The zero-order valence-electron chi connectivity index (χ0n) is 21.5. The molecule has 0 aliphatic carbocycles. The van der Waals surface area contributed by atoms with Crippen molar-refractivity contribution >= 4 is 27.3 Å². The summed E-state index contributed by atoms with van der Waals surface area (Å²) in [4.78, 5) is 13.8. The van der Waals surface area contributed by atoms with E-state index in [2.05, 4.69) is 20.1 Å². The van der Waals surface area contributed by atoms with Gasteiger partial charge in [-0.15, -0.1) is 5.10 Å². The molecule has 0 saturated carbocycles. The summed E-state index contributed by atoms with van der Waals surface area (Å²) in [5.41, 5.74) is 3.85. The normalized spacial score (nSPS) is 11.2. The van der Waals surface area contributed by atoms with Crippen molar-refractivity contribution in [1.29, 1.82) is 0 Å². The summed E-state index contributed by atoms with van der Waals surface area (Å²) in [5, 5.41) is 5.67. The Labute approximate surface area is 226 Å². The first-order valence-corrected chi connectivity index (χ1v) is 12.6. The highest BCUT2D eigenvalue weighted by Gasteiger charge is 2.18. The molecule has 0 aliphatic heterocycles. The zero-order chi connectivity index (χ0) is 26.9. The lowest BCUT2D eigenvalue weighted by Gasteiger charge is -2.11. The monoisotopic (exact) mass is 545 g/mol. The van der Waals surface area contributed by atoms with Gasteiger partial charge in [-0.1, -0.05) is 18.2 Å². The minimum atomic E-state index is 0.239. The summed E-state index contributed by atoms with van der Waals surface area (Å²) in [7, 11) is 6.25. The number of rotatable bonds is 9. The highest BCUT2D eigenvalue weighted by atomic mass is 32.1. The number of furan rings is 1. The number of benzene rings is 2. The number of ether oxygens (including phenoxy) is 5. The molecule has 198 valence electrons. The van der Waals surface area contributed by atoms with Gasteiger partial charge < -0.3 is 28.1 Å². The SMILES string of the molecule is COc1cc(OCc2cccc(-c3cnc(OC)nc3OC)c2)c2cc(-c3cn4nc(OC)sc4n3)oc2c1. The summed E-state index contributed by atoms with van der Waals surface area (Å²) in [6.07, 6.45) is 3.47. The lowest BCUT2D eigenvalue weighted by atomic mass is 10.1. The van der Waals surface area contributed by atoms with Crippen LogP contribution in [0.2, 0.25) is 0 Å². The maximum absolute atomic E-state index is 6.28. The Hall–Kier alpha value is -4.84. The van der Waals surface area contributed by atoms with Gasteiger partial charge in [0.25, 0.3) is 5.19 Å². The summed E-state index contributed by atoms with van der Waals surface area (Å²) in [6, 6.07) is 13.7. The van der Waals surface area contributed by atoms with Crippen LogP contribution >= 0.6 is 11.3 Å². The van der Waals surface area contributed by atoms with Crippen LogP contribution in [0.25, 0.3) is 38.5 Å². The molecule has 0 N–H and O–H groups in total. The molecule has 6 rings (SSSR count). The molecule has 4 heterocycles. The molecule has 0 atom stereocenters. The van der Waals surface area contributed by atoms with Crippen LogP contribution in [0.1, 0.15) is 5.56 Å². The van der Waals surface area contributed by atoms with Crippen molar-refractivity contribution < 1.29 is 28.1 Å². The lowest BCUT2D eigenvalue weighted by molar-refractivity contribution is 0.307. The van der Waals surface area contributed by atoms with Crippen molar-refractivity contribution in [3.8, 4) is 51.2 Å². The van der Waals surface area contributed by atoms with Crippen molar-refractivity contribution in [3.63, 3.8) is 0 Å². The van der Waals surface area contributed by atoms with E-state index in [9.17, 15) is 0 Å². The zero-order valence-corrected chi connectivity index (χ0v) is 22.3. The Morgan fingerprint density at radius 2 is 1.85 bits per heavy atom. The van der Waals surface area contributed by atoms with E-state index < -0.39 is 0 Å². The number of aromatic nitrogens is 5.